The van der Waals surface area contributed by atoms with Crippen LogP contribution in [0.25, 0.3) is 0 Å². The van der Waals surface area contributed by atoms with Crippen molar-refractivity contribution in [3.05, 3.63) is 39.9 Å². The fourth-order valence-corrected chi connectivity index (χ4v) is 2.44. The SMILES string of the molecule is CC(NC(=O)c1cccc([N+](=O)[O-])c1)C(=O)N1CCCNCC1. The van der Waals surface area contributed by atoms with E-state index in [2.05, 4.69) is 10.6 Å². The molecule has 0 aliphatic carbocycles. The number of nitrogens with zero attached hydrogens (tertiary/aromatic N) is 2. The van der Waals surface area contributed by atoms with Gasteiger partial charge in [0.15, 0.2) is 0 Å². The Morgan fingerprint density at radius 3 is 2.87 bits per heavy atom. The van der Waals surface area contributed by atoms with Crippen molar-refractivity contribution in [3.8, 4) is 0 Å². The molecular weight excluding hydrogens is 300 g/mol. The van der Waals surface area contributed by atoms with Crippen LogP contribution in [-0.2, 0) is 4.79 Å². The summed E-state index contributed by atoms with van der Waals surface area (Å²) in [5.74, 6) is -0.644. The summed E-state index contributed by atoms with van der Waals surface area (Å²) in [5.41, 5.74) is 0.00612. The Morgan fingerprint density at radius 1 is 1.35 bits per heavy atom. The predicted molar refractivity (Wildman–Crippen MR) is 84.1 cm³/mol. The second-order valence-electron chi connectivity index (χ2n) is 5.43. The van der Waals surface area contributed by atoms with Gasteiger partial charge in [0.1, 0.15) is 6.04 Å². The lowest BCUT2D eigenvalue weighted by molar-refractivity contribution is -0.384. The molecule has 2 N–H and O–H groups in total. The van der Waals surface area contributed by atoms with Gasteiger partial charge in [0.25, 0.3) is 11.6 Å². The van der Waals surface area contributed by atoms with Gasteiger partial charge in [-0.25, -0.2) is 0 Å². The third kappa shape index (κ3) is 4.49. The highest BCUT2D eigenvalue weighted by atomic mass is 16.6. The molecule has 1 aliphatic rings. The molecule has 124 valence electrons. The van der Waals surface area contributed by atoms with Crippen molar-refractivity contribution in [1.82, 2.24) is 15.5 Å². The minimum Gasteiger partial charge on any atom is -0.341 e. The maximum Gasteiger partial charge on any atom is 0.270 e. The number of carbonyl (C=O) groups is 2. The maximum atomic E-state index is 12.4. The molecule has 2 rings (SSSR count). The number of non-ortho nitro benzene ring substituents is 1. The van der Waals surface area contributed by atoms with E-state index in [0.29, 0.717) is 13.1 Å². The third-order valence-corrected chi connectivity index (χ3v) is 3.69. The van der Waals surface area contributed by atoms with Crippen LogP contribution < -0.4 is 10.6 Å². The molecule has 0 bridgehead atoms. The summed E-state index contributed by atoms with van der Waals surface area (Å²) >= 11 is 0. The van der Waals surface area contributed by atoms with Crippen molar-refractivity contribution in [2.75, 3.05) is 26.2 Å². The van der Waals surface area contributed by atoms with Gasteiger partial charge in [0, 0.05) is 37.3 Å². The quantitative estimate of drug-likeness (QED) is 0.622. The molecule has 8 nitrogen and oxygen atoms in total. The zero-order chi connectivity index (χ0) is 16.8. The van der Waals surface area contributed by atoms with Gasteiger partial charge in [0.05, 0.1) is 4.92 Å². The lowest BCUT2D eigenvalue weighted by Crippen LogP contribution is -2.47. The molecule has 1 aromatic rings. The number of amides is 2. The van der Waals surface area contributed by atoms with E-state index in [-0.39, 0.29) is 17.2 Å². The Balaban J connectivity index is 1.99. The van der Waals surface area contributed by atoms with Gasteiger partial charge in [0.2, 0.25) is 5.91 Å². The normalized spacial score (nSPS) is 16.3. The molecule has 1 aromatic carbocycles. The fraction of sp³-hybridized carbons (Fsp3) is 0.467. The summed E-state index contributed by atoms with van der Waals surface area (Å²) in [6.45, 7) is 4.49. The Hall–Kier alpha value is -2.48. The van der Waals surface area contributed by atoms with Crippen LogP contribution >= 0.6 is 0 Å². The molecule has 1 unspecified atom stereocenters. The van der Waals surface area contributed by atoms with E-state index >= 15 is 0 Å². The first-order chi connectivity index (χ1) is 11.0. The van der Waals surface area contributed by atoms with Crippen LogP contribution in [-0.4, -0.2) is 53.9 Å². The lowest BCUT2D eigenvalue weighted by Gasteiger charge is -2.24. The number of nitro groups is 1. The van der Waals surface area contributed by atoms with Gasteiger partial charge in [-0.05, 0) is 26.0 Å². The van der Waals surface area contributed by atoms with Crippen molar-refractivity contribution in [1.29, 1.82) is 0 Å². The van der Waals surface area contributed by atoms with Crippen molar-refractivity contribution in [3.63, 3.8) is 0 Å². The van der Waals surface area contributed by atoms with Crippen LogP contribution in [0.15, 0.2) is 24.3 Å². The number of benzene rings is 1. The zero-order valence-corrected chi connectivity index (χ0v) is 12.9. The molecule has 0 spiro atoms. The van der Waals surface area contributed by atoms with Crippen LogP contribution in [0.5, 0.6) is 0 Å². The van der Waals surface area contributed by atoms with E-state index in [1.165, 1.54) is 24.3 Å². The molecular formula is C15H20N4O4. The maximum absolute atomic E-state index is 12.4. The summed E-state index contributed by atoms with van der Waals surface area (Å²) in [6.07, 6.45) is 0.872. The highest BCUT2D eigenvalue weighted by molar-refractivity contribution is 5.97. The summed E-state index contributed by atoms with van der Waals surface area (Å²) in [6, 6.07) is 4.76. The largest absolute Gasteiger partial charge is 0.341 e. The van der Waals surface area contributed by atoms with Crippen LogP contribution in [0.4, 0.5) is 5.69 Å². The van der Waals surface area contributed by atoms with Gasteiger partial charge in [-0.3, -0.25) is 19.7 Å². The third-order valence-electron chi connectivity index (χ3n) is 3.69. The molecule has 1 atom stereocenters. The first-order valence-electron chi connectivity index (χ1n) is 7.54. The average molecular weight is 320 g/mol. The van der Waals surface area contributed by atoms with E-state index in [1.54, 1.807) is 11.8 Å². The van der Waals surface area contributed by atoms with Crippen molar-refractivity contribution in [2.24, 2.45) is 0 Å². The molecule has 1 fully saturated rings. The predicted octanol–water partition coefficient (Wildman–Crippen LogP) is 0.535. The lowest BCUT2D eigenvalue weighted by atomic mass is 10.1. The van der Waals surface area contributed by atoms with Crippen molar-refractivity contribution < 1.29 is 14.5 Å². The Labute approximate surface area is 134 Å². The molecule has 0 radical (unpaired) electrons. The Morgan fingerprint density at radius 2 is 2.13 bits per heavy atom. The zero-order valence-electron chi connectivity index (χ0n) is 12.9. The molecule has 1 aliphatic heterocycles. The number of carbonyl (C=O) groups excluding carboxylic acids is 2. The van der Waals surface area contributed by atoms with Gasteiger partial charge in [-0.15, -0.1) is 0 Å². The van der Waals surface area contributed by atoms with E-state index < -0.39 is 16.9 Å². The summed E-state index contributed by atoms with van der Waals surface area (Å²) in [7, 11) is 0. The smallest absolute Gasteiger partial charge is 0.270 e. The number of nitro benzene ring substituents is 1. The van der Waals surface area contributed by atoms with Crippen LogP contribution in [0.2, 0.25) is 0 Å². The van der Waals surface area contributed by atoms with Crippen molar-refractivity contribution >= 4 is 17.5 Å². The first-order valence-corrected chi connectivity index (χ1v) is 7.54. The van der Waals surface area contributed by atoms with E-state index in [1.807, 2.05) is 0 Å². The van der Waals surface area contributed by atoms with Crippen molar-refractivity contribution in [2.45, 2.75) is 19.4 Å². The highest BCUT2D eigenvalue weighted by Crippen LogP contribution is 2.13. The summed E-state index contributed by atoms with van der Waals surface area (Å²) in [4.78, 5) is 36.4. The van der Waals surface area contributed by atoms with E-state index in [0.717, 1.165) is 19.5 Å². The second kappa shape index (κ2) is 7.68. The van der Waals surface area contributed by atoms with E-state index in [9.17, 15) is 19.7 Å². The second-order valence-corrected chi connectivity index (χ2v) is 5.43. The Bertz CT molecular complexity index is 597. The highest BCUT2D eigenvalue weighted by Gasteiger charge is 2.23. The molecule has 1 heterocycles. The minimum atomic E-state index is -0.681. The molecule has 8 heteroatoms. The number of hydrogen-bond donors (Lipinski definition) is 2. The molecule has 1 saturated heterocycles. The average Bonchev–Trinajstić information content (AvgIpc) is 2.83. The van der Waals surface area contributed by atoms with Gasteiger partial charge in [-0.2, -0.15) is 0 Å². The van der Waals surface area contributed by atoms with Gasteiger partial charge >= 0.3 is 0 Å². The van der Waals surface area contributed by atoms with Gasteiger partial charge < -0.3 is 15.5 Å². The number of nitrogens with one attached hydrogen (secondary N) is 2. The summed E-state index contributed by atoms with van der Waals surface area (Å²) in [5, 5.41) is 16.6. The van der Waals surface area contributed by atoms with Gasteiger partial charge in [-0.1, -0.05) is 6.07 Å². The first kappa shape index (κ1) is 16.9. The Kier molecular flexibility index (Phi) is 5.64. The van der Waals surface area contributed by atoms with E-state index in [4.69, 9.17) is 0 Å². The number of hydrogen-bond acceptors (Lipinski definition) is 5. The topological polar surface area (TPSA) is 105 Å². The molecule has 0 saturated carbocycles. The number of rotatable bonds is 4. The molecule has 2 amide bonds. The van der Waals surface area contributed by atoms with Crippen LogP contribution in [0, 0.1) is 10.1 Å². The summed E-state index contributed by atoms with van der Waals surface area (Å²) < 4.78 is 0. The monoisotopic (exact) mass is 320 g/mol. The molecule has 0 aromatic heterocycles. The minimum absolute atomic E-state index is 0.146. The van der Waals surface area contributed by atoms with Crippen LogP contribution in [0.1, 0.15) is 23.7 Å². The molecule has 23 heavy (non-hydrogen) atoms. The van der Waals surface area contributed by atoms with Crippen LogP contribution in [0.3, 0.4) is 0 Å². The fourth-order valence-electron chi connectivity index (χ4n) is 2.44. The standard InChI is InChI=1S/C15H20N4O4/c1-11(15(21)18-8-3-6-16-7-9-18)17-14(20)12-4-2-5-13(10-12)19(22)23/h2,4-5,10-11,16H,3,6-9H2,1H3,(H,17,20).